The minimum Gasteiger partial charge on any atom is -0.368 e. The number of piperazine rings is 1. The highest BCUT2D eigenvalue weighted by Gasteiger charge is 2.32. The quantitative estimate of drug-likeness (QED) is 0.457. The van der Waals surface area contributed by atoms with Gasteiger partial charge in [-0.3, -0.25) is 14.5 Å². The summed E-state index contributed by atoms with van der Waals surface area (Å²) in [6.07, 6.45) is 1.57. The lowest BCUT2D eigenvalue weighted by Crippen LogP contribution is -2.52. The monoisotopic (exact) mass is 501 g/mol. The number of rotatable bonds is 4. The van der Waals surface area contributed by atoms with E-state index in [1.807, 2.05) is 29.2 Å². The number of aryl methyl sites for hydroxylation is 2. The van der Waals surface area contributed by atoms with E-state index < -0.39 is 0 Å². The number of nitrogens with zero attached hydrogens (tertiary/aromatic N) is 3. The van der Waals surface area contributed by atoms with Gasteiger partial charge in [-0.25, -0.2) is 4.39 Å². The smallest absolute Gasteiger partial charge is 0.265 e. The molecule has 0 aromatic heterocycles. The molecule has 0 atom stereocenters. The Kier molecular flexibility index (Phi) is 6.83. The van der Waals surface area contributed by atoms with Crippen molar-refractivity contribution in [2.75, 3.05) is 42.5 Å². The molecule has 0 bridgehead atoms. The summed E-state index contributed by atoms with van der Waals surface area (Å²) < 4.78 is 14.3. The highest BCUT2D eigenvalue weighted by atomic mass is 32.2. The van der Waals surface area contributed by atoms with Gasteiger partial charge in [0.15, 0.2) is 0 Å². The van der Waals surface area contributed by atoms with Crippen LogP contribution < -0.4 is 9.80 Å². The normalized spacial score (nSPS) is 16.9. The number of amides is 2. The second-order valence-electron chi connectivity index (χ2n) is 9.15. The molecule has 2 aliphatic rings. The summed E-state index contributed by atoms with van der Waals surface area (Å²) in [5, 5.41) is 0. The van der Waals surface area contributed by atoms with Crippen LogP contribution in [-0.4, -0.2) is 49.4 Å². The van der Waals surface area contributed by atoms with Gasteiger partial charge in [0.1, 0.15) is 12.4 Å². The summed E-state index contributed by atoms with van der Waals surface area (Å²) >= 11 is 1.31. The fourth-order valence-corrected chi connectivity index (χ4v) is 5.69. The van der Waals surface area contributed by atoms with E-state index in [4.69, 9.17) is 0 Å². The largest absolute Gasteiger partial charge is 0.368 e. The van der Waals surface area contributed by atoms with Gasteiger partial charge in [0, 0.05) is 42.3 Å². The molecule has 3 aromatic carbocycles. The van der Waals surface area contributed by atoms with Gasteiger partial charge >= 0.3 is 0 Å². The SMILES string of the molecule is Cc1ccc(C)c(N2CCN(C(=O)CN3C(=O)/C(=C/c4ccccc4F)Sc4ccccc43)CC2)c1. The Hall–Kier alpha value is -3.58. The third kappa shape index (κ3) is 4.88. The Morgan fingerprint density at radius 1 is 0.944 bits per heavy atom. The predicted octanol–water partition coefficient (Wildman–Crippen LogP) is 5.27. The van der Waals surface area contributed by atoms with Crippen LogP contribution in [0.3, 0.4) is 0 Å². The number of para-hydroxylation sites is 1. The second-order valence-corrected chi connectivity index (χ2v) is 10.2. The van der Waals surface area contributed by atoms with Crippen LogP contribution in [0.4, 0.5) is 15.8 Å². The first-order valence-electron chi connectivity index (χ1n) is 12.1. The van der Waals surface area contributed by atoms with E-state index in [1.54, 1.807) is 24.3 Å². The molecule has 5 rings (SSSR count). The molecule has 2 heterocycles. The lowest BCUT2D eigenvalue weighted by Gasteiger charge is -2.38. The van der Waals surface area contributed by atoms with Crippen molar-refractivity contribution in [2.24, 2.45) is 0 Å². The molecule has 5 nitrogen and oxygen atoms in total. The molecule has 2 aliphatic heterocycles. The zero-order valence-electron chi connectivity index (χ0n) is 20.4. The fourth-order valence-electron chi connectivity index (χ4n) is 4.64. The predicted molar refractivity (Wildman–Crippen MR) is 144 cm³/mol. The Bertz CT molecular complexity index is 1350. The lowest BCUT2D eigenvalue weighted by molar-refractivity contribution is -0.131. The zero-order valence-corrected chi connectivity index (χ0v) is 21.2. The van der Waals surface area contributed by atoms with Crippen molar-refractivity contribution in [3.63, 3.8) is 0 Å². The lowest BCUT2D eigenvalue weighted by atomic mass is 10.1. The van der Waals surface area contributed by atoms with Crippen LogP contribution >= 0.6 is 11.8 Å². The molecule has 0 unspecified atom stereocenters. The van der Waals surface area contributed by atoms with Gasteiger partial charge < -0.3 is 9.80 Å². The first-order chi connectivity index (χ1) is 17.4. The number of carbonyl (C=O) groups excluding carboxylic acids is 2. The average Bonchev–Trinajstić information content (AvgIpc) is 2.89. The summed E-state index contributed by atoms with van der Waals surface area (Å²) in [5.41, 5.74) is 4.71. The Morgan fingerprint density at radius 2 is 1.67 bits per heavy atom. The molecule has 184 valence electrons. The Morgan fingerprint density at radius 3 is 2.44 bits per heavy atom. The molecule has 3 aromatic rings. The van der Waals surface area contributed by atoms with Crippen LogP contribution in [-0.2, 0) is 9.59 Å². The minimum atomic E-state index is -0.387. The van der Waals surface area contributed by atoms with E-state index in [0.717, 1.165) is 18.0 Å². The van der Waals surface area contributed by atoms with E-state index in [9.17, 15) is 14.0 Å². The molecule has 0 N–H and O–H groups in total. The van der Waals surface area contributed by atoms with Crippen LogP contribution in [0.2, 0.25) is 0 Å². The Labute approximate surface area is 215 Å². The van der Waals surface area contributed by atoms with Crippen LogP contribution in [0.25, 0.3) is 6.08 Å². The number of hydrogen-bond acceptors (Lipinski definition) is 4. The summed E-state index contributed by atoms with van der Waals surface area (Å²) in [5.74, 6) is -0.762. The van der Waals surface area contributed by atoms with Gasteiger partial charge in [0.05, 0.1) is 10.6 Å². The molecular formula is C29H28FN3O2S. The van der Waals surface area contributed by atoms with Crippen molar-refractivity contribution in [3.8, 4) is 0 Å². The van der Waals surface area contributed by atoms with Gasteiger partial charge in [-0.1, -0.05) is 54.2 Å². The molecule has 1 saturated heterocycles. The number of hydrogen-bond donors (Lipinski definition) is 0. The molecule has 0 saturated carbocycles. The van der Waals surface area contributed by atoms with Crippen molar-refractivity contribution in [2.45, 2.75) is 18.7 Å². The maximum Gasteiger partial charge on any atom is 0.265 e. The molecule has 2 amide bonds. The van der Waals surface area contributed by atoms with Gasteiger partial charge in [0.2, 0.25) is 5.91 Å². The number of halogens is 1. The fraction of sp³-hybridized carbons (Fsp3) is 0.241. The highest BCUT2D eigenvalue weighted by molar-refractivity contribution is 8.04. The number of thioether (sulfide) groups is 1. The minimum absolute atomic E-state index is 0.0471. The van der Waals surface area contributed by atoms with Crippen LogP contribution in [0, 0.1) is 19.7 Å². The topological polar surface area (TPSA) is 43.9 Å². The summed E-state index contributed by atoms with van der Waals surface area (Å²) in [4.78, 5) is 33.7. The molecular weight excluding hydrogens is 473 g/mol. The van der Waals surface area contributed by atoms with Gasteiger partial charge in [-0.2, -0.15) is 0 Å². The maximum atomic E-state index is 14.3. The van der Waals surface area contributed by atoms with Crippen LogP contribution in [0.5, 0.6) is 0 Å². The van der Waals surface area contributed by atoms with Crippen molar-refractivity contribution < 1.29 is 14.0 Å². The highest BCUT2D eigenvalue weighted by Crippen LogP contribution is 2.42. The zero-order chi connectivity index (χ0) is 25.2. The molecule has 7 heteroatoms. The Balaban J connectivity index is 1.33. The van der Waals surface area contributed by atoms with E-state index >= 15 is 0 Å². The van der Waals surface area contributed by atoms with Crippen molar-refractivity contribution in [1.82, 2.24) is 4.90 Å². The average molecular weight is 502 g/mol. The van der Waals surface area contributed by atoms with Crippen molar-refractivity contribution in [3.05, 3.63) is 94.1 Å². The third-order valence-corrected chi connectivity index (χ3v) is 7.73. The summed E-state index contributed by atoms with van der Waals surface area (Å²) in [6, 6.07) is 20.3. The number of fused-ring (bicyclic) bond motifs is 1. The van der Waals surface area contributed by atoms with E-state index in [1.165, 1.54) is 39.5 Å². The number of benzene rings is 3. The van der Waals surface area contributed by atoms with Crippen LogP contribution in [0.15, 0.2) is 76.5 Å². The summed E-state index contributed by atoms with van der Waals surface area (Å²) in [7, 11) is 0. The molecule has 0 aliphatic carbocycles. The van der Waals surface area contributed by atoms with Gasteiger partial charge in [-0.15, -0.1) is 0 Å². The van der Waals surface area contributed by atoms with E-state index in [2.05, 4.69) is 36.9 Å². The first-order valence-corrected chi connectivity index (χ1v) is 12.9. The summed E-state index contributed by atoms with van der Waals surface area (Å²) in [6.45, 7) is 6.84. The van der Waals surface area contributed by atoms with E-state index in [0.29, 0.717) is 29.2 Å². The van der Waals surface area contributed by atoms with E-state index in [-0.39, 0.29) is 24.2 Å². The maximum absolute atomic E-state index is 14.3. The van der Waals surface area contributed by atoms with Gasteiger partial charge in [-0.05, 0) is 55.3 Å². The molecule has 0 radical (unpaired) electrons. The first kappa shape index (κ1) is 24.1. The van der Waals surface area contributed by atoms with Crippen LogP contribution in [0.1, 0.15) is 16.7 Å². The second kappa shape index (κ2) is 10.2. The molecule has 1 fully saturated rings. The standard InChI is InChI=1S/C29H28FN3O2S/c1-20-11-12-21(2)25(17-20)31-13-15-32(16-14-31)28(34)19-33-24-9-5-6-10-26(24)36-27(29(33)35)18-22-7-3-4-8-23(22)30/h3-12,17-18H,13-16,19H2,1-2H3/b27-18-. The van der Waals surface area contributed by atoms with Gasteiger partial charge in [0.25, 0.3) is 5.91 Å². The molecule has 36 heavy (non-hydrogen) atoms. The number of carbonyl (C=O) groups is 2. The third-order valence-electron chi connectivity index (χ3n) is 6.65. The number of anilines is 2. The van der Waals surface area contributed by atoms with Crippen molar-refractivity contribution in [1.29, 1.82) is 0 Å². The molecule has 0 spiro atoms. The van der Waals surface area contributed by atoms with Crippen molar-refractivity contribution >= 4 is 41.0 Å².